The van der Waals surface area contributed by atoms with Crippen LogP contribution in [0.2, 0.25) is 0 Å². The number of rotatable bonds is 6. The number of hydrogen-bond donors (Lipinski definition) is 0. The number of anilines is 3. The van der Waals surface area contributed by atoms with Crippen LogP contribution in [-0.4, -0.2) is 0 Å². The van der Waals surface area contributed by atoms with E-state index in [4.69, 9.17) is 0 Å². The molecule has 212 valence electrons. The van der Waals surface area contributed by atoms with Gasteiger partial charge in [-0.25, -0.2) is 0 Å². The molecule has 8 rings (SSSR count). The average molecular weight is 574 g/mol. The van der Waals surface area contributed by atoms with Crippen molar-refractivity contribution in [2.45, 2.75) is 0 Å². The predicted molar refractivity (Wildman–Crippen MR) is 192 cm³/mol. The number of benzene rings is 8. The van der Waals surface area contributed by atoms with Gasteiger partial charge >= 0.3 is 0 Å². The predicted octanol–water partition coefficient (Wildman–Crippen LogP) is 12.5. The first-order valence-electron chi connectivity index (χ1n) is 15.4. The van der Waals surface area contributed by atoms with Crippen LogP contribution in [0.4, 0.5) is 17.1 Å². The van der Waals surface area contributed by atoms with Crippen LogP contribution >= 0.6 is 0 Å². The molecule has 0 saturated carbocycles. The Kier molecular flexibility index (Phi) is 6.90. The summed E-state index contributed by atoms with van der Waals surface area (Å²) in [4.78, 5) is 2.36. The molecule has 0 spiro atoms. The second-order valence-electron chi connectivity index (χ2n) is 11.4. The topological polar surface area (TPSA) is 3.24 Å². The van der Waals surface area contributed by atoms with E-state index in [1.165, 1.54) is 54.9 Å². The van der Waals surface area contributed by atoms with E-state index in [2.05, 4.69) is 193 Å². The lowest BCUT2D eigenvalue weighted by Crippen LogP contribution is -2.10. The van der Waals surface area contributed by atoms with Gasteiger partial charge in [-0.05, 0) is 103 Å². The fourth-order valence-electron chi connectivity index (χ4n) is 6.44. The van der Waals surface area contributed by atoms with Crippen LogP contribution in [0.1, 0.15) is 0 Å². The molecule has 0 aliphatic rings. The molecule has 0 amide bonds. The highest BCUT2D eigenvalue weighted by Crippen LogP contribution is 2.41. The molecule has 0 aliphatic heterocycles. The summed E-state index contributed by atoms with van der Waals surface area (Å²) in [6.45, 7) is 0. The summed E-state index contributed by atoms with van der Waals surface area (Å²) in [6, 6.07) is 67.6. The summed E-state index contributed by atoms with van der Waals surface area (Å²) in [7, 11) is 0. The zero-order valence-corrected chi connectivity index (χ0v) is 24.8. The van der Waals surface area contributed by atoms with E-state index in [0.717, 1.165) is 17.1 Å². The van der Waals surface area contributed by atoms with Crippen LogP contribution in [0.5, 0.6) is 0 Å². The van der Waals surface area contributed by atoms with Crippen LogP contribution < -0.4 is 4.90 Å². The molecule has 1 nitrogen and oxygen atoms in total. The molecule has 0 aromatic heterocycles. The van der Waals surface area contributed by atoms with Gasteiger partial charge in [-0.1, -0.05) is 140 Å². The van der Waals surface area contributed by atoms with Crippen molar-refractivity contribution in [3.63, 3.8) is 0 Å². The fraction of sp³-hybridized carbons (Fsp3) is 0. The minimum absolute atomic E-state index is 1.11. The van der Waals surface area contributed by atoms with E-state index in [9.17, 15) is 0 Å². The Morgan fingerprint density at radius 1 is 0.267 bits per heavy atom. The normalized spacial score (nSPS) is 11.1. The lowest BCUT2D eigenvalue weighted by molar-refractivity contribution is 1.28. The van der Waals surface area contributed by atoms with Gasteiger partial charge in [0.1, 0.15) is 0 Å². The Morgan fingerprint density at radius 2 is 0.756 bits per heavy atom. The molecule has 0 radical (unpaired) electrons. The summed E-state index contributed by atoms with van der Waals surface area (Å²) in [5, 5.41) is 5.10. The summed E-state index contributed by atoms with van der Waals surface area (Å²) < 4.78 is 0. The van der Waals surface area contributed by atoms with Gasteiger partial charge in [0.15, 0.2) is 0 Å². The van der Waals surface area contributed by atoms with Gasteiger partial charge in [0.2, 0.25) is 0 Å². The van der Waals surface area contributed by atoms with Crippen molar-refractivity contribution in [1.82, 2.24) is 0 Å². The SMILES string of the molecule is c1ccc(-c2cc(-c3ccccc3)cc(N(c3ccccc3)c3ccc(-c4cc5ccccc5c5ccccc45)cc3)c2)cc1. The standard InChI is InChI=1S/C44H31N/c1-4-14-32(15-5-1)36-28-37(33-16-6-2-7-17-33)30-40(29-36)45(38-19-8-3-9-20-38)39-26-24-34(25-27-39)44-31-35-18-10-11-21-41(35)42-22-12-13-23-43(42)44/h1-31H. The first kappa shape index (κ1) is 26.7. The number of hydrogen-bond acceptors (Lipinski definition) is 1. The minimum atomic E-state index is 1.11. The molecule has 0 fully saturated rings. The van der Waals surface area contributed by atoms with Gasteiger partial charge in [-0.15, -0.1) is 0 Å². The van der Waals surface area contributed by atoms with Crippen molar-refractivity contribution in [2.24, 2.45) is 0 Å². The Hall–Kier alpha value is -5.92. The summed E-state index contributed by atoms with van der Waals surface area (Å²) in [5.74, 6) is 0. The quantitative estimate of drug-likeness (QED) is 0.179. The van der Waals surface area contributed by atoms with Crippen LogP contribution in [0.25, 0.3) is 54.9 Å². The van der Waals surface area contributed by atoms with Gasteiger partial charge in [0.05, 0.1) is 0 Å². The molecule has 1 heteroatoms. The van der Waals surface area contributed by atoms with Crippen molar-refractivity contribution in [2.75, 3.05) is 4.90 Å². The van der Waals surface area contributed by atoms with Crippen LogP contribution in [0, 0.1) is 0 Å². The third kappa shape index (κ3) is 5.15. The number of fused-ring (bicyclic) bond motifs is 3. The first-order valence-corrected chi connectivity index (χ1v) is 15.4. The van der Waals surface area contributed by atoms with Crippen LogP contribution in [-0.2, 0) is 0 Å². The molecule has 0 heterocycles. The molecule has 8 aromatic carbocycles. The smallest absolute Gasteiger partial charge is 0.0473 e. The highest BCUT2D eigenvalue weighted by Gasteiger charge is 2.16. The molecule has 0 atom stereocenters. The van der Waals surface area contributed by atoms with Crippen LogP contribution in [0.15, 0.2) is 188 Å². The van der Waals surface area contributed by atoms with Crippen molar-refractivity contribution in [3.8, 4) is 33.4 Å². The number of para-hydroxylation sites is 1. The van der Waals surface area contributed by atoms with Crippen molar-refractivity contribution in [3.05, 3.63) is 188 Å². The van der Waals surface area contributed by atoms with Gasteiger partial charge in [0, 0.05) is 17.1 Å². The average Bonchev–Trinajstić information content (AvgIpc) is 3.13. The van der Waals surface area contributed by atoms with Crippen molar-refractivity contribution in [1.29, 1.82) is 0 Å². The Morgan fingerprint density at radius 3 is 1.38 bits per heavy atom. The number of nitrogens with zero attached hydrogens (tertiary/aromatic N) is 1. The zero-order valence-electron chi connectivity index (χ0n) is 24.8. The van der Waals surface area contributed by atoms with Gasteiger partial charge in [-0.3, -0.25) is 0 Å². The largest absolute Gasteiger partial charge is 0.310 e. The highest BCUT2D eigenvalue weighted by atomic mass is 15.1. The Balaban J connectivity index is 1.29. The summed E-state index contributed by atoms with van der Waals surface area (Å²) in [5.41, 5.74) is 10.6. The van der Waals surface area contributed by atoms with Gasteiger partial charge in [0.25, 0.3) is 0 Å². The maximum Gasteiger partial charge on any atom is 0.0473 e. The molecule has 0 bridgehead atoms. The van der Waals surface area contributed by atoms with E-state index in [0.29, 0.717) is 0 Å². The second kappa shape index (κ2) is 11.6. The molecule has 0 aliphatic carbocycles. The molecule has 0 saturated heterocycles. The zero-order chi connectivity index (χ0) is 30.0. The molecule has 0 unspecified atom stereocenters. The maximum absolute atomic E-state index is 2.36. The lowest BCUT2D eigenvalue weighted by atomic mass is 9.93. The van der Waals surface area contributed by atoms with Crippen molar-refractivity contribution < 1.29 is 0 Å². The fourth-order valence-corrected chi connectivity index (χ4v) is 6.44. The summed E-state index contributed by atoms with van der Waals surface area (Å²) in [6.07, 6.45) is 0. The minimum Gasteiger partial charge on any atom is -0.310 e. The first-order chi connectivity index (χ1) is 22.3. The van der Waals surface area contributed by atoms with Crippen LogP contribution in [0.3, 0.4) is 0 Å². The third-order valence-corrected chi connectivity index (χ3v) is 8.61. The molecule has 45 heavy (non-hydrogen) atoms. The molecular weight excluding hydrogens is 542 g/mol. The van der Waals surface area contributed by atoms with E-state index >= 15 is 0 Å². The van der Waals surface area contributed by atoms with Crippen molar-refractivity contribution >= 4 is 38.6 Å². The second-order valence-corrected chi connectivity index (χ2v) is 11.4. The lowest BCUT2D eigenvalue weighted by Gasteiger charge is -2.27. The highest BCUT2D eigenvalue weighted by molar-refractivity contribution is 6.13. The third-order valence-electron chi connectivity index (χ3n) is 8.61. The maximum atomic E-state index is 2.36. The summed E-state index contributed by atoms with van der Waals surface area (Å²) >= 11 is 0. The van der Waals surface area contributed by atoms with Gasteiger partial charge in [-0.2, -0.15) is 0 Å². The van der Waals surface area contributed by atoms with Gasteiger partial charge < -0.3 is 4.90 Å². The Labute approximate surface area is 264 Å². The monoisotopic (exact) mass is 573 g/mol. The van der Waals surface area contributed by atoms with E-state index in [-0.39, 0.29) is 0 Å². The van der Waals surface area contributed by atoms with E-state index in [1.807, 2.05) is 0 Å². The van der Waals surface area contributed by atoms with E-state index in [1.54, 1.807) is 0 Å². The Bertz CT molecular complexity index is 2180. The van der Waals surface area contributed by atoms with E-state index < -0.39 is 0 Å². The molecule has 0 N–H and O–H groups in total. The molecular formula is C44H31N. The molecule has 8 aromatic rings.